The van der Waals surface area contributed by atoms with Gasteiger partial charge in [-0.05, 0) is 18.1 Å². The molecule has 0 saturated heterocycles. The van der Waals surface area contributed by atoms with Gasteiger partial charge in [-0.15, -0.1) is 0 Å². The first-order valence-corrected chi connectivity index (χ1v) is 7.05. The molecule has 0 aliphatic carbocycles. The maximum Gasteiger partial charge on any atom is 0.471 e. The van der Waals surface area contributed by atoms with E-state index in [2.05, 4.69) is 22.0 Å². The minimum atomic E-state index is -5.35. The van der Waals surface area contributed by atoms with Crippen molar-refractivity contribution < 1.29 is 35.9 Å². The number of rotatable bonds is 2. The maximum atomic E-state index is 12.9. The number of Topliss-reactive ketones (excluding diaryl/α,β-unsaturated/α-hetero) is 1. The van der Waals surface area contributed by atoms with Gasteiger partial charge in [0.25, 0.3) is 0 Å². The quantitative estimate of drug-likeness (QED) is 0.337. The Hall–Kier alpha value is -2.22. The van der Waals surface area contributed by atoms with Crippen LogP contribution in [0.1, 0.15) is 15.9 Å². The molecule has 0 bridgehead atoms. The third-order valence-electron chi connectivity index (χ3n) is 2.56. The van der Waals surface area contributed by atoms with Gasteiger partial charge in [0.05, 0.1) is 16.8 Å². The fraction of sp³-hybridized carbons (Fsp3) is 0.286. The molecule has 0 radical (unpaired) electrons. The molecular weight excluding hydrogens is 422 g/mol. The predicted molar refractivity (Wildman–Crippen MR) is 79.6 cm³/mol. The number of carbonyl (C=O) groups excluding carboxylic acids is 2. The Kier molecular flexibility index (Phi) is 6.12. The number of hydrogen-bond donors (Lipinski definition) is 1. The summed E-state index contributed by atoms with van der Waals surface area (Å²) < 4.78 is 75.2. The first-order valence-electron chi connectivity index (χ1n) is 6.25. The van der Waals surface area contributed by atoms with Crippen molar-refractivity contribution in [2.45, 2.75) is 12.4 Å². The summed E-state index contributed by atoms with van der Waals surface area (Å²) in [5, 5.41) is 1.27. The second-order valence-corrected chi connectivity index (χ2v) is 5.64. The van der Waals surface area contributed by atoms with Gasteiger partial charge in [0.2, 0.25) is 5.78 Å². The van der Waals surface area contributed by atoms with Gasteiger partial charge in [-0.1, -0.05) is 15.9 Å². The Morgan fingerprint density at radius 3 is 2.12 bits per heavy atom. The summed E-state index contributed by atoms with van der Waals surface area (Å²) in [5.41, 5.74) is -2.93. The number of alkyl halides is 6. The molecule has 25 heavy (non-hydrogen) atoms. The number of nitrogens with one attached hydrogen (secondary N) is 1. The van der Waals surface area contributed by atoms with Crippen molar-refractivity contribution in [1.82, 2.24) is 4.90 Å². The number of benzene rings is 1. The molecule has 1 N–H and O–H groups in total. The Morgan fingerprint density at radius 2 is 1.68 bits per heavy atom. The third kappa shape index (κ3) is 5.67. The number of halogens is 7. The molecular formula is C14H9BrF6N2O2. The number of hydrogen-bond acceptors (Lipinski definition) is 3. The highest BCUT2D eigenvalue weighted by Crippen LogP contribution is 2.38. The van der Waals surface area contributed by atoms with E-state index in [0.717, 1.165) is 0 Å². The van der Waals surface area contributed by atoms with E-state index in [9.17, 15) is 35.9 Å². The predicted octanol–water partition coefficient (Wildman–Crippen LogP) is 3.67. The summed E-state index contributed by atoms with van der Waals surface area (Å²) in [4.78, 5) is 24.3. The highest BCUT2D eigenvalue weighted by Gasteiger charge is 2.40. The minimum absolute atomic E-state index is 0.234. The van der Waals surface area contributed by atoms with Gasteiger partial charge in [0.15, 0.2) is 0 Å². The van der Waals surface area contributed by atoms with Crippen LogP contribution in [0.5, 0.6) is 0 Å². The molecule has 136 valence electrons. The van der Waals surface area contributed by atoms with Crippen LogP contribution in [0.2, 0.25) is 0 Å². The molecule has 0 aliphatic heterocycles. The van der Waals surface area contributed by atoms with Crippen molar-refractivity contribution in [1.29, 1.82) is 0 Å². The number of amides is 1. The molecule has 0 unspecified atom stereocenters. The molecule has 0 spiro atoms. The average molecular weight is 431 g/mol. The van der Waals surface area contributed by atoms with Crippen LogP contribution in [0.4, 0.5) is 32.0 Å². The van der Waals surface area contributed by atoms with Crippen LogP contribution in [0.15, 0.2) is 16.6 Å². The number of anilines is 1. The van der Waals surface area contributed by atoms with E-state index >= 15 is 0 Å². The van der Waals surface area contributed by atoms with Crippen LogP contribution < -0.4 is 5.32 Å². The monoisotopic (exact) mass is 430 g/mol. The van der Waals surface area contributed by atoms with E-state index < -0.39 is 45.3 Å². The normalized spacial score (nSPS) is 11.4. The Bertz CT molecular complexity index is 760. The summed E-state index contributed by atoms with van der Waals surface area (Å²) in [5.74, 6) is -1.55. The van der Waals surface area contributed by atoms with Crippen LogP contribution in [0.3, 0.4) is 0 Å². The zero-order valence-corrected chi connectivity index (χ0v) is 14.2. The Labute approximate surface area is 146 Å². The van der Waals surface area contributed by atoms with Crippen LogP contribution in [-0.2, 0) is 11.0 Å². The smallest absolute Gasteiger partial charge is 0.338 e. The van der Waals surface area contributed by atoms with E-state index in [0.29, 0.717) is 6.07 Å². The van der Waals surface area contributed by atoms with E-state index in [1.165, 1.54) is 24.3 Å². The molecule has 0 saturated carbocycles. The fourth-order valence-electron chi connectivity index (χ4n) is 1.50. The number of nitrogens with zero attached hydrogens (tertiary/aromatic N) is 1. The van der Waals surface area contributed by atoms with E-state index in [1.807, 2.05) is 5.92 Å². The SMILES string of the molecule is CN(C)C#CC(=O)c1cc(Br)c(C(F)(F)F)cc1NC(=O)C(F)(F)F. The van der Waals surface area contributed by atoms with Crippen LogP contribution in [0, 0.1) is 12.0 Å². The lowest BCUT2D eigenvalue weighted by Gasteiger charge is -2.15. The lowest BCUT2D eigenvalue weighted by Crippen LogP contribution is -2.30. The van der Waals surface area contributed by atoms with Crippen molar-refractivity contribution in [3.63, 3.8) is 0 Å². The minimum Gasteiger partial charge on any atom is -0.338 e. The summed E-state index contributed by atoms with van der Waals surface area (Å²) in [6.07, 6.45) is -10.3. The summed E-state index contributed by atoms with van der Waals surface area (Å²) in [7, 11) is 2.94. The third-order valence-corrected chi connectivity index (χ3v) is 3.21. The van der Waals surface area contributed by atoms with E-state index in [1.54, 1.807) is 0 Å². The van der Waals surface area contributed by atoms with Crippen LogP contribution >= 0.6 is 15.9 Å². The van der Waals surface area contributed by atoms with Gasteiger partial charge in [-0.3, -0.25) is 9.59 Å². The highest BCUT2D eigenvalue weighted by atomic mass is 79.9. The molecule has 1 aromatic carbocycles. The maximum absolute atomic E-state index is 12.9. The highest BCUT2D eigenvalue weighted by molar-refractivity contribution is 9.10. The molecule has 0 atom stereocenters. The Balaban J connectivity index is 3.50. The van der Waals surface area contributed by atoms with Crippen molar-refractivity contribution in [2.75, 3.05) is 19.4 Å². The van der Waals surface area contributed by atoms with Crippen LogP contribution in [0.25, 0.3) is 0 Å². The van der Waals surface area contributed by atoms with Crippen molar-refractivity contribution >= 4 is 33.3 Å². The summed E-state index contributed by atoms with van der Waals surface area (Å²) in [6, 6.07) is 3.17. The first-order chi connectivity index (χ1) is 11.2. The molecule has 4 nitrogen and oxygen atoms in total. The second kappa shape index (κ2) is 7.35. The zero-order valence-electron chi connectivity index (χ0n) is 12.6. The molecule has 1 amide bonds. The second-order valence-electron chi connectivity index (χ2n) is 4.79. The number of ketones is 1. The topological polar surface area (TPSA) is 49.4 Å². The van der Waals surface area contributed by atoms with Gasteiger partial charge < -0.3 is 10.2 Å². The first kappa shape index (κ1) is 20.8. The lowest BCUT2D eigenvalue weighted by atomic mass is 10.0. The van der Waals surface area contributed by atoms with Crippen LogP contribution in [-0.4, -0.2) is 36.9 Å². The molecule has 1 aromatic rings. The van der Waals surface area contributed by atoms with Gasteiger partial charge in [-0.2, -0.15) is 26.3 Å². The number of carbonyl (C=O) groups is 2. The summed E-state index contributed by atoms with van der Waals surface area (Å²) in [6.45, 7) is 0. The molecule has 1 rings (SSSR count). The standard InChI is InChI=1S/C14H9BrF6N2O2/c1-23(2)4-3-11(24)7-5-9(15)8(13(16,17)18)6-10(7)22-12(25)14(19,20)21/h5-6H,1-2H3,(H,22,25). The largest absolute Gasteiger partial charge is 0.471 e. The van der Waals surface area contributed by atoms with Crippen molar-refractivity contribution in [3.8, 4) is 12.0 Å². The summed E-state index contributed by atoms with van der Waals surface area (Å²) >= 11 is 2.61. The van der Waals surface area contributed by atoms with Gasteiger partial charge in [-0.25, -0.2) is 0 Å². The van der Waals surface area contributed by atoms with Crippen molar-refractivity contribution in [3.05, 3.63) is 27.7 Å². The average Bonchev–Trinajstić information content (AvgIpc) is 2.43. The van der Waals surface area contributed by atoms with Crippen molar-refractivity contribution in [2.24, 2.45) is 0 Å². The zero-order chi connectivity index (χ0) is 19.6. The molecule has 11 heteroatoms. The lowest BCUT2D eigenvalue weighted by molar-refractivity contribution is -0.167. The molecule has 0 fully saturated rings. The molecule has 0 aromatic heterocycles. The Morgan fingerprint density at radius 1 is 1.12 bits per heavy atom. The molecule has 0 heterocycles. The van der Waals surface area contributed by atoms with Gasteiger partial charge in [0.1, 0.15) is 0 Å². The molecule has 0 aliphatic rings. The van der Waals surface area contributed by atoms with E-state index in [4.69, 9.17) is 0 Å². The fourth-order valence-corrected chi connectivity index (χ4v) is 2.07. The van der Waals surface area contributed by atoms with E-state index in [-0.39, 0.29) is 6.07 Å². The van der Waals surface area contributed by atoms with Gasteiger partial charge in [0, 0.05) is 24.6 Å². The van der Waals surface area contributed by atoms with Gasteiger partial charge >= 0.3 is 18.3 Å².